The maximum atomic E-state index is 4.48. The van der Waals surface area contributed by atoms with E-state index in [4.69, 9.17) is 0 Å². The molecule has 0 aliphatic carbocycles. The van der Waals surface area contributed by atoms with E-state index >= 15 is 0 Å². The van der Waals surface area contributed by atoms with Crippen LogP contribution in [0.25, 0.3) is 0 Å². The first-order valence-corrected chi connectivity index (χ1v) is 10.6. The van der Waals surface area contributed by atoms with E-state index in [1.807, 2.05) is 7.05 Å². The zero-order valence-electron chi connectivity index (χ0n) is 17.5. The lowest BCUT2D eigenvalue weighted by Crippen LogP contribution is -2.51. The number of aliphatic imine (C=N–C) groups is 1. The van der Waals surface area contributed by atoms with Crippen molar-refractivity contribution in [2.45, 2.75) is 71.4 Å². The van der Waals surface area contributed by atoms with E-state index in [9.17, 15) is 0 Å². The Kier molecular flexibility index (Phi) is 12.1. The highest BCUT2D eigenvalue weighted by Gasteiger charge is 2.24. The van der Waals surface area contributed by atoms with Crippen molar-refractivity contribution in [1.29, 1.82) is 0 Å². The molecule has 2 aliphatic heterocycles. The average Bonchev–Trinajstić information content (AvgIpc) is 3.13. The summed E-state index contributed by atoms with van der Waals surface area (Å²) >= 11 is 0. The highest BCUT2D eigenvalue weighted by molar-refractivity contribution is 14.0. The number of hydrogen-bond donors (Lipinski definition) is 2. The Morgan fingerprint density at radius 1 is 1.12 bits per heavy atom. The Morgan fingerprint density at radius 2 is 1.77 bits per heavy atom. The molecule has 154 valence electrons. The van der Waals surface area contributed by atoms with Crippen LogP contribution in [0.5, 0.6) is 0 Å². The van der Waals surface area contributed by atoms with E-state index in [1.165, 1.54) is 71.2 Å². The van der Waals surface area contributed by atoms with Gasteiger partial charge < -0.3 is 15.5 Å². The van der Waals surface area contributed by atoms with Crippen molar-refractivity contribution in [3.8, 4) is 0 Å². The minimum atomic E-state index is 0. The lowest BCUT2D eigenvalue weighted by molar-refractivity contribution is 0.204. The number of hydrogen-bond acceptors (Lipinski definition) is 3. The monoisotopic (exact) mass is 479 g/mol. The molecule has 0 aromatic heterocycles. The number of nitrogens with one attached hydrogen (secondary N) is 2. The minimum Gasteiger partial charge on any atom is -0.355 e. The SMILES string of the molecule is CCCN1CCC(NC(=NC)NCC(CC(C)C)N2CCCC2)CC1.I. The number of rotatable bonds is 8. The summed E-state index contributed by atoms with van der Waals surface area (Å²) in [6.07, 6.45) is 7.69. The fraction of sp³-hybridized carbons (Fsp3) is 0.950. The molecule has 2 heterocycles. The maximum Gasteiger partial charge on any atom is 0.191 e. The van der Waals surface area contributed by atoms with Crippen molar-refractivity contribution in [2.24, 2.45) is 10.9 Å². The van der Waals surface area contributed by atoms with Crippen LogP contribution in [0.15, 0.2) is 4.99 Å². The first-order chi connectivity index (χ1) is 12.1. The molecule has 5 nitrogen and oxygen atoms in total. The molecule has 0 saturated carbocycles. The third-order valence-corrected chi connectivity index (χ3v) is 5.60. The Labute approximate surface area is 178 Å². The van der Waals surface area contributed by atoms with Crippen LogP contribution in [0.2, 0.25) is 0 Å². The largest absolute Gasteiger partial charge is 0.355 e. The number of halogens is 1. The van der Waals surface area contributed by atoms with Crippen molar-refractivity contribution in [3.63, 3.8) is 0 Å². The van der Waals surface area contributed by atoms with Crippen molar-refractivity contribution in [1.82, 2.24) is 20.4 Å². The zero-order valence-corrected chi connectivity index (χ0v) is 19.8. The molecule has 0 aromatic carbocycles. The lowest BCUT2D eigenvalue weighted by atomic mass is 10.0. The molecule has 0 bridgehead atoms. The quantitative estimate of drug-likeness (QED) is 0.319. The number of guanidine groups is 1. The van der Waals surface area contributed by atoms with E-state index in [-0.39, 0.29) is 24.0 Å². The first-order valence-electron chi connectivity index (χ1n) is 10.6. The molecular formula is C20H42IN5. The lowest BCUT2D eigenvalue weighted by Gasteiger charge is -2.34. The van der Waals surface area contributed by atoms with E-state index in [1.54, 1.807) is 0 Å². The number of likely N-dealkylation sites (tertiary alicyclic amines) is 2. The molecular weight excluding hydrogens is 437 g/mol. The summed E-state index contributed by atoms with van der Waals surface area (Å²) in [6, 6.07) is 1.20. The van der Waals surface area contributed by atoms with Gasteiger partial charge in [0.1, 0.15) is 0 Å². The van der Waals surface area contributed by atoms with Gasteiger partial charge in [0.15, 0.2) is 5.96 Å². The highest BCUT2D eigenvalue weighted by atomic mass is 127. The summed E-state index contributed by atoms with van der Waals surface area (Å²) in [5, 5.41) is 7.28. The Bertz CT molecular complexity index is 388. The fourth-order valence-electron chi connectivity index (χ4n) is 4.23. The molecule has 0 amide bonds. The summed E-state index contributed by atoms with van der Waals surface area (Å²) in [7, 11) is 1.90. The van der Waals surface area contributed by atoms with Crippen molar-refractivity contribution >= 4 is 29.9 Å². The molecule has 0 aromatic rings. The smallest absolute Gasteiger partial charge is 0.191 e. The van der Waals surface area contributed by atoms with Crippen LogP contribution in [-0.4, -0.2) is 74.2 Å². The molecule has 1 atom stereocenters. The molecule has 0 spiro atoms. The third kappa shape index (κ3) is 8.30. The molecule has 2 N–H and O–H groups in total. The Balaban J connectivity index is 0.00000338. The molecule has 2 aliphatic rings. The topological polar surface area (TPSA) is 42.9 Å². The van der Waals surface area contributed by atoms with Crippen molar-refractivity contribution < 1.29 is 0 Å². The van der Waals surface area contributed by atoms with Crippen LogP contribution in [0.4, 0.5) is 0 Å². The molecule has 0 radical (unpaired) electrons. The molecule has 2 fully saturated rings. The third-order valence-electron chi connectivity index (χ3n) is 5.60. The Hall–Kier alpha value is -0.0800. The summed E-state index contributed by atoms with van der Waals surface area (Å²) in [4.78, 5) is 9.73. The van der Waals surface area contributed by atoms with E-state index in [2.05, 4.69) is 46.2 Å². The molecule has 2 rings (SSSR count). The fourth-order valence-corrected chi connectivity index (χ4v) is 4.23. The second kappa shape index (κ2) is 13.2. The van der Waals surface area contributed by atoms with Gasteiger partial charge in [0.25, 0.3) is 0 Å². The van der Waals surface area contributed by atoms with Crippen LogP contribution in [0, 0.1) is 5.92 Å². The first kappa shape index (κ1) is 24.0. The van der Waals surface area contributed by atoms with Crippen LogP contribution < -0.4 is 10.6 Å². The van der Waals surface area contributed by atoms with Crippen LogP contribution >= 0.6 is 24.0 Å². The van der Waals surface area contributed by atoms with E-state index in [0.29, 0.717) is 12.1 Å². The van der Waals surface area contributed by atoms with Gasteiger partial charge in [-0.15, -0.1) is 24.0 Å². The van der Waals surface area contributed by atoms with Gasteiger partial charge in [0, 0.05) is 38.8 Å². The van der Waals surface area contributed by atoms with Gasteiger partial charge >= 0.3 is 0 Å². The second-order valence-corrected chi connectivity index (χ2v) is 8.24. The summed E-state index contributed by atoms with van der Waals surface area (Å²) in [6.45, 7) is 14.1. The normalized spacial score (nSPS) is 21.7. The van der Waals surface area contributed by atoms with E-state index in [0.717, 1.165) is 18.4 Å². The average molecular weight is 479 g/mol. The van der Waals surface area contributed by atoms with Gasteiger partial charge in [0.2, 0.25) is 0 Å². The Morgan fingerprint density at radius 3 is 2.31 bits per heavy atom. The molecule has 2 saturated heterocycles. The van der Waals surface area contributed by atoms with Gasteiger partial charge in [0.05, 0.1) is 0 Å². The van der Waals surface area contributed by atoms with E-state index < -0.39 is 0 Å². The van der Waals surface area contributed by atoms with Gasteiger partial charge in [-0.3, -0.25) is 9.89 Å². The van der Waals surface area contributed by atoms with Crippen LogP contribution in [0.1, 0.15) is 59.3 Å². The highest BCUT2D eigenvalue weighted by Crippen LogP contribution is 2.17. The molecule has 26 heavy (non-hydrogen) atoms. The number of nitrogens with zero attached hydrogens (tertiary/aromatic N) is 3. The van der Waals surface area contributed by atoms with Crippen molar-refractivity contribution in [3.05, 3.63) is 0 Å². The van der Waals surface area contributed by atoms with Crippen LogP contribution in [-0.2, 0) is 0 Å². The predicted molar refractivity (Wildman–Crippen MR) is 124 cm³/mol. The van der Waals surface area contributed by atoms with Crippen molar-refractivity contribution in [2.75, 3.05) is 46.3 Å². The second-order valence-electron chi connectivity index (χ2n) is 8.24. The van der Waals surface area contributed by atoms with Gasteiger partial charge in [-0.05, 0) is 64.1 Å². The minimum absolute atomic E-state index is 0. The van der Waals surface area contributed by atoms with Gasteiger partial charge in [-0.25, -0.2) is 0 Å². The van der Waals surface area contributed by atoms with Crippen LogP contribution in [0.3, 0.4) is 0 Å². The summed E-state index contributed by atoms with van der Waals surface area (Å²) in [5.74, 6) is 1.73. The standard InChI is InChI=1S/C20H41N5.HI/c1-5-10-24-13-8-18(9-14-24)23-20(21-4)22-16-19(15-17(2)3)25-11-6-7-12-25;/h17-19H,5-16H2,1-4H3,(H2,21,22,23);1H. The van der Waals surface area contributed by atoms with Gasteiger partial charge in [-0.1, -0.05) is 20.8 Å². The molecule has 6 heteroatoms. The zero-order chi connectivity index (χ0) is 18.1. The summed E-state index contributed by atoms with van der Waals surface area (Å²) < 4.78 is 0. The molecule has 1 unspecified atom stereocenters. The number of piperidine rings is 1. The maximum absolute atomic E-state index is 4.48. The summed E-state index contributed by atoms with van der Waals surface area (Å²) in [5.41, 5.74) is 0. The van der Waals surface area contributed by atoms with Gasteiger partial charge in [-0.2, -0.15) is 0 Å². The predicted octanol–water partition coefficient (Wildman–Crippen LogP) is 3.15.